The third-order valence-corrected chi connectivity index (χ3v) is 6.84. The summed E-state index contributed by atoms with van der Waals surface area (Å²) in [5, 5.41) is 11.7. The highest BCUT2D eigenvalue weighted by Gasteiger charge is 2.25. The van der Waals surface area contributed by atoms with Gasteiger partial charge in [0.05, 0.1) is 16.9 Å². The fraction of sp³-hybridized carbons (Fsp3) is 0.536. The van der Waals surface area contributed by atoms with Gasteiger partial charge >= 0.3 is 6.09 Å². The van der Waals surface area contributed by atoms with E-state index in [-0.39, 0.29) is 6.09 Å². The molecule has 1 aromatic carbocycles. The van der Waals surface area contributed by atoms with Gasteiger partial charge in [-0.1, -0.05) is 42.6 Å². The zero-order chi connectivity index (χ0) is 26.3. The van der Waals surface area contributed by atoms with Gasteiger partial charge in [-0.15, -0.1) is 0 Å². The van der Waals surface area contributed by atoms with Crippen LogP contribution in [-0.2, 0) is 4.74 Å². The van der Waals surface area contributed by atoms with Crippen LogP contribution in [0.5, 0.6) is 0 Å². The Morgan fingerprint density at radius 1 is 1.11 bits per heavy atom. The summed E-state index contributed by atoms with van der Waals surface area (Å²) in [7, 11) is 0. The number of anilines is 1. The molecular formula is C28H39ClN6O2. The maximum atomic E-state index is 11.7. The van der Waals surface area contributed by atoms with Crippen molar-refractivity contribution in [3.8, 4) is 11.3 Å². The zero-order valence-corrected chi connectivity index (χ0v) is 22.8. The fourth-order valence-corrected chi connectivity index (χ4v) is 4.98. The number of ether oxygens (including phenoxy) is 1. The number of carbonyl (C=O) groups is 1. The first kappa shape index (κ1) is 27.2. The molecule has 4 N–H and O–H groups in total. The number of para-hydroxylation sites is 1. The second-order valence-corrected chi connectivity index (χ2v) is 11.2. The Hall–Kier alpha value is -2.84. The number of aromatic amines is 1. The lowest BCUT2D eigenvalue weighted by atomic mass is 10.1. The largest absolute Gasteiger partial charge is 0.444 e. The Morgan fingerprint density at radius 2 is 1.86 bits per heavy atom. The molecule has 1 fully saturated rings. The van der Waals surface area contributed by atoms with Gasteiger partial charge in [-0.05, 0) is 65.5 Å². The van der Waals surface area contributed by atoms with Gasteiger partial charge in [-0.2, -0.15) is 0 Å². The van der Waals surface area contributed by atoms with E-state index in [0.29, 0.717) is 29.6 Å². The van der Waals surface area contributed by atoms with E-state index in [9.17, 15) is 4.79 Å². The first-order valence-corrected chi connectivity index (χ1v) is 13.7. The molecule has 1 aliphatic carbocycles. The number of hydrogen-bond acceptors (Lipinski definition) is 6. The number of amides is 1. The van der Waals surface area contributed by atoms with Gasteiger partial charge in [-0.3, -0.25) is 0 Å². The fourth-order valence-electron chi connectivity index (χ4n) is 4.79. The van der Waals surface area contributed by atoms with Crippen LogP contribution in [0.1, 0.15) is 65.7 Å². The molecule has 9 heteroatoms. The molecule has 0 bridgehead atoms. The smallest absolute Gasteiger partial charge is 0.407 e. The Bertz CT molecular complexity index is 1170. The predicted octanol–water partition coefficient (Wildman–Crippen LogP) is 6.29. The van der Waals surface area contributed by atoms with Gasteiger partial charge in [-0.25, -0.2) is 14.8 Å². The Kier molecular flexibility index (Phi) is 9.27. The Labute approximate surface area is 224 Å². The molecule has 2 heterocycles. The molecule has 1 saturated carbocycles. The molecule has 8 nitrogen and oxygen atoms in total. The normalized spacial score (nSPS) is 17.7. The summed E-state index contributed by atoms with van der Waals surface area (Å²) in [6, 6.07) is 8.99. The average Bonchev–Trinajstić information content (AvgIpc) is 3.48. The minimum Gasteiger partial charge on any atom is -0.444 e. The van der Waals surface area contributed by atoms with Crippen molar-refractivity contribution in [2.75, 3.05) is 18.4 Å². The summed E-state index contributed by atoms with van der Waals surface area (Å²) in [6.45, 7) is 7.29. The van der Waals surface area contributed by atoms with Crippen molar-refractivity contribution in [1.29, 1.82) is 0 Å². The number of benzene rings is 1. The Morgan fingerprint density at radius 3 is 2.68 bits per heavy atom. The quantitative estimate of drug-likeness (QED) is 0.219. The number of H-pyrrole nitrogens is 1. The van der Waals surface area contributed by atoms with Crippen LogP contribution in [0.25, 0.3) is 22.2 Å². The molecule has 2 atom stereocenters. The first-order chi connectivity index (χ1) is 17.8. The lowest BCUT2D eigenvalue weighted by molar-refractivity contribution is 0.0527. The molecule has 4 rings (SSSR count). The van der Waals surface area contributed by atoms with Crippen LogP contribution in [0, 0.1) is 0 Å². The number of fused-ring (bicyclic) bond motifs is 1. The topological polar surface area (TPSA) is 104 Å². The van der Waals surface area contributed by atoms with E-state index in [1.807, 2.05) is 45.2 Å². The van der Waals surface area contributed by atoms with E-state index in [1.165, 1.54) is 0 Å². The second-order valence-electron chi connectivity index (χ2n) is 10.8. The summed E-state index contributed by atoms with van der Waals surface area (Å²) < 4.78 is 5.25. The van der Waals surface area contributed by atoms with Gasteiger partial charge < -0.3 is 25.7 Å². The molecule has 37 heavy (non-hydrogen) atoms. The highest BCUT2D eigenvalue weighted by molar-refractivity contribution is 6.33. The molecular weight excluding hydrogens is 488 g/mol. The van der Waals surface area contributed by atoms with Crippen molar-refractivity contribution in [2.24, 2.45) is 0 Å². The van der Waals surface area contributed by atoms with E-state index >= 15 is 0 Å². The van der Waals surface area contributed by atoms with Crippen LogP contribution in [0.4, 0.5) is 10.7 Å². The summed E-state index contributed by atoms with van der Waals surface area (Å²) in [6.07, 6.45) is 10.9. The van der Waals surface area contributed by atoms with E-state index in [0.717, 1.165) is 73.7 Å². The summed E-state index contributed by atoms with van der Waals surface area (Å²) >= 11 is 6.47. The van der Waals surface area contributed by atoms with Crippen LogP contribution >= 0.6 is 11.6 Å². The van der Waals surface area contributed by atoms with Crippen molar-refractivity contribution >= 4 is 34.5 Å². The molecule has 0 unspecified atom stereocenters. The summed E-state index contributed by atoms with van der Waals surface area (Å²) in [5.41, 5.74) is 2.33. The van der Waals surface area contributed by atoms with Gasteiger partial charge in [0.2, 0.25) is 5.95 Å². The van der Waals surface area contributed by atoms with Crippen LogP contribution in [0.3, 0.4) is 0 Å². The van der Waals surface area contributed by atoms with Crippen molar-refractivity contribution in [3.63, 3.8) is 0 Å². The number of rotatable bonds is 11. The molecule has 3 aromatic rings. The van der Waals surface area contributed by atoms with Crippen LogP contribution in [-0.4, -0.2) is 51.8 Å². The SMILES string of the molecule is CC(C)(C)OC(=O)NCCCCCCN[C@H]1CC[C@@H](Nc2ncc(Cl)c(-c3c[nH]c4ccccc34)n2)C1. The van der Waals surface area contributed by atoms with Gasteiger partial charge in [0.25, 0.3) is 0 Å². The number of alkyl carbamates (subject to hydrolysis) is 1. The molecule has 1 aliphatic rings. The summed E-state index contributed by atoms with van der Waals surface area (Å²) in [4.78, 5) is 24.1. The van der Waals surface area contributed by atoms with Crippen LogP contribution < -0.4 is 16.0 Å². The standard InChI is InChI=1S/C28H39ClN6O2/c1-28(2,3)37-27(36)31-15-9-5-4-8-14-30-19-12-13-20(16-19)34-26-33-18-23(29)25(35-26)22-17-32-24-11-7-6-10-21(22)24/h6-7,10-11,17-20,30,32H,4-5,8-9,12-16H2,1-3H3,(H,31,36)(H,33,34,35)/t19-,20+/m0/s1. The van der Waals surface area contributed by atoms with E-state index in [1.54, 1.807) is 6.20 Å². The third kappa shape index (κ3) is 8.07. The van der Waals surface area contributed by atoms with Crippen LogP contribution in [0.2, 0.25) is 5.02 Å². The molecule has 200 valence electrons. The number of aromatic nitrogens is 3. The number of hydrogen-bond donors (Lipinski definition) is 4. The van der Waals surface area contributed by atoms with Crippen molar-refractivity contribution in [1.82, 2.24) is 25.6 Å². The zero-order valence-electron chi connectivity index (χ0n) is 22.1. The number of carbonyl (C=O) groups excluding carboxylic acids is 1. The van der Waals surface area contributed by atoms with Gasteiger partial charge in [0, 0.05) is 41.3 Å². The van der Waals surface area contributed by atoms with Gasteiger partial charge in [0.1, 0.15) is 5.60 Å². The van der Waals surface area contributed by atoms with E-state index in [2.05, 4.69) is 32.0 Å². The number of halogens is 1. The molecule has 1 amide bonds. The second kappa shape index (κ2) is 12.6. The monoisotopic (exact) mass is 526 g/mol. The molecule has 0 radical (unpaired) electrons. The summed E-state index contributed by atoms with van der Waals surface area (Å²) in [5.74, 6) is 0.621. The van der Waals surface area contributed by atoms with E-state index in [4.69, 9.17) is 21.3 Å². The Balaban J connectivity index is 1.15. The predicted molar refractivity (Wildman–Crippen MR) is 150 cm³/mol. The molecule has 0 aliphatic heterocycles. The van der Waals surface area contributed by atoms with E-state index < -0.39 is 5.60 Å². The molecule has 0 spiro atoms. The first-order valence-electron chi connectivity index (χ1n) is 13.3. The lowest BCUT2D eigenvalue weighted by Gasteiger charge is -2.19. The van der Waals surface area contributed by atoms with Gasteiger partial charge in [0.15, 0.2) is 0 Å². The highest BCUT2D eigenvalue weighted by Crippen LogP contribution is 2.32. The van der Waals surface area contributed by atoms with Crippen LogP contribution in [0.15, 0.2) is 36.7 Å². The van der Waals surface area contributed by atoms with Crippen molar-refractivity contribution < 1.29 is 9.53 Å². The van der Waals surface area contributed by atoms with Crippen molar-refractivity contribution in [3.05, 3.63) is 41.7 Å². The number of unbranched alkanes of at least 4 members (excludes halogenated alkanes) is 3. The molecule has 0 saturated heterocycles. The maximum absolute atomic E-state index is 11.7. The highest BCUT2D eigenvalue weighted by atomic mass is 35.5. The lowest BCUT2D eigenvalue weighted by Crippen LogP contribution is -2.33. The third-order valence-electron chi connectivity index (χ3n) is 6.56. The number of nitrogens with zero attached hydrogens (tertiary/aromatic N) is 2. The van der Waals surface area contributed by atoms with Crippen molar-refractivity contribution in [2.45, 2.75) is 83.4 Å². The molecule has 2 aromatic heterocycles. The minimum atomic E-state index is -0.451. The maximum Gasteiger partial charge on any atom is 0.407 e. The average molecular weight is 527 g/mol. The number of nitrogens with one attached hydrogen (secondary N) is 4. The minimum absolute atomic E-state index is 0.336.